The molecule has 1 unspecified atom stereocenters. The van der Waals surface area contributed by atoms with E-state index in [4.69, 9.17) is 5.73 Å². The minimum atomic E-state index is 0.304. The van der Waals surface area contributed by atoms with E-state index < -0.39 is 0 Å². The molecule has 0 aliphatic heterocycles. The Morgan fingerprint density at radius 2 is 1.94 bits per heavy atom. The summed E-state index contributed by atoms with van der Waals surface area (Å²) < 4.78 is 0. The third-order valence-corrected chi connectivity index (χ3v) is 3.34. The molecule has 0 amide bonds. The number of hydrogen-bond acceptors (Lipinski definition) is 4. The summed E-state index contributed by atoms with van der Waals surface area (Å²) in [7, 11) is 0. The predicted octanol–water partition coefficient (Wildman–Crippen LogP) is 2.55. The standard InChI is InChI=1S/C14H16N4/c15-11-8-16-14(17-9-11)18-13-7-3-5-10-4-1-2-6-12(10)13/h1-2,4,6,8-9,13H,3,5,7,15H2,(H,16,17,18). The summed E-state index contributed by atoms with van der Waals surface area (Å²) in [6.45, 7) is 0. The van der Waals surface area contributed by atoms with Gasteiger partial charge in [0.15, 0.2) is 0 Å². The van der Waals surface area contributed by atoms with Crippen molar-refractivity contribution in [2.24, 2.45) is 0 Å². The van der Waals surface area contributed by atoms with Crippen molar-refractivity contribution in [3.05, 3.63) is 47.8 Å². The molecule has 0 fully saturated rings. The average Bonchev–Trinajstić information content (AvgIpc) is 2.42. The maximum absolute atomic E-state index is 5.58. The fourth-order valence-electron chi connectivity index (χ4n) is 2.47. The summed E-state index contributed by atoms with van der Waals surface area (Å²) in [4.78, 5) is 8.40. The number of rotatable bonds is 2. The minimum absolute atomic E-state index is 0.304. The maximum Gasteiger partial charge on any atom is 0.223 e. The van der Waals surface area contributed by atoms with Crippen LogP contribution < -0.4 is 11.1 Å². The van der Waals surface area contributed by atoms with Gasteiger partial charge in [-0.3, -0.25) is 0 Å². The van der Waals surface area contributed by atoms with Crippen LogP contribution in [0.2, 0.25) is 0 Å². The van der Waals surface area contributed by atoms with Gasteiger partial charge in [-0.25, -0.2) is 9.97 Å². The molecule has 0 bridgehead atoms. The largest absolute Gasteiger partial charge is 0.396 e. The highest BCUT2D eigenvalue weighted by Crippen LogP contribution is 2.31. The highest BCUT2D eigenvalue weighted by Gasteiger charge is 2.19. The lowest BCUT2D eigenvalue weighted by molar-refractivity contribution is 0.596. The molecule has 0 saturated carbocycles. The monoisotopic (exact) mass is 240 g/mol. The van der Waals surface area contributed by atoms with Gasteiger partial charge in [0.25, 0.3) is 0 Å². The first kappa shape index (κ1) is 11.0. The van der Waals surface area contributed by atoms with Crippen molar-refractivity contribution in [2.75, 3.05) is 11.1 Å². The van der Waals surface area contributed by atoms with Crippen LogP contribution in [-0.2, 0) is 6.42 Å². The molecule has 1 heterocycles. The van der Waals surface area contributed by atoms with E-state index in [1.807, 2.05) is 0 Å². The lowest BCUT2D eigenvalue weighted by Crippen LogP contribution is -2.18. The van der Waals surface area contributed by atoms with Crippen LogP contribution in [0.5, 0.6) is 0 Å². The number of aryl methyl sites for hydroxylation is 1. The Morgan fingerprint density at radius 3 is 2.78 bits per heavy atom. The molecule has 0 saturated heterocycles. The zero-order valence-corrected chi connectivity index (χ0v) is 10.1. The zero-order chi connectivity index (χ0) is 12.4. The van der Waals surface area contributed by atoms with E-state index in [1.165, 1.54) is 17.5 Å². The second kappa shape index (κ2) is 4.64. The molecule has 1 aliphatic rings. The van der Waals surface area contributed by atoms with Crippen molar-refractivity contribution in [3.63, 3.8) is 0 Å². The van der Waals surface area contributed by atoms with Gasteiger partial charge in [-0.15, -0.1) is 0 Å². The first-order chi connectivity index (χ1) is 8.83. The number of nitrogen functional groups attached to an aromatic ring is 1. The number of hydrogen-bond donors (Lipinski definition) is 2. The number of nitrogens with one attached hydrogen (secondary N) is 1. The first-order valence-electron chi connectivity index (χ1n) is 6.25. The molecule has 1 aromatic carbocycles. The normalized spacial score (nSPS) is 18.1. The molecule has 2 aromatic rings. The topological polar surface area (TPSA) is 63.8 Å². The predicted molar refractivity (Wildman–Crippen MR) is 72.2 cm³/mol. The molecule has 4 nitrogen and oxygen atoms in total. The van der Waals surface area contributed by atoms with E-state index in [0.29, 0.717) is 17.7 Å². The summed E-state index contributed by atoms with van der Waals surface area (Å²) >= 11 is 0. The zero-order valence-electron chi connectivity index (χ0n) is 10.1. The summed E-state index contributed by atoms with van der Waals surface area (Å²) in [6, 6.07) is 8.87. The third-order valence-electron chi connectivity index (χ3n) is 3.34. The Labute approximate surface area is 106 Å². The van der Waals surface area contributed by atoms with Crippen molar-refractivity contribution in [2.45, 2.75) is 25.3 Å². The molecule has 0 spiro atoms. The smallest absolute Gasteiger partial charge is 0.223 e. The molecule has 4 heteroatoms. The van der Waals surface area contributed by atoms with E-state index in [0.717, 1.165) is 12.8 Å². The molecule has 3 N–H and O–H groups in total. The Morgan fingerprint density at radius 1 is 1.17 bits per heavy atom. The molecule has 0 radical (unpaired) electrons. The van der Waals surface area contributed by atoms with Gasteiger partial charge in [-0.2, -0.15) is 0 Å². The van der Waals surface area contributed by atoms with E-state index >= 15 is 0 Å². The van der Waals surface area contributed by atoms with Crippen molar-refractivity contribution in [1.82, 2.24) is 9.97 Å². The van der Waals surface area contributed by atoms with Gasteiger partial charge in [0.2, 0.25) is 5.95 Å². The van der Waals surface area contributed by atoms with Crippen LogP contribution in [-0.4, -0.2) is 9.97 Å². The minimum Gasteiger partial charge on any atom is -0.396 e. The van der Waals surface area contributed by atoms with Gasteiger partial charge >= 0.3 is 0 Å². The average molecular weight is 240 g/mol. The van der Waals surface area contributed by atoms with Crippen molar-refractivity contribution in [3.8, 4) is 0 Å². The maximum atomic E-state index is 5.58. The lowest BCUT2D eigenvalue weighted by Gasteiger charge is -2.26. The summed E-state index contributed by atoms with van der Waals surface area (Å²) in [6.07, 6.45) is 6.74. The van der Waals surface area contributed by atoms with Crippen LogP contribution in [0.1, 0.15) is 30.0 Å². The van der Waals surface area contributed by atoms with E-state index in [2.05, 4.69) is 39.6 Å². The van der Waals surface area contributed by atoms with Crippen LogP contribution in [0.4, 0.5) is 11.6 Å². The van der Waals surface area contributed by atoms with Crippen LogP contribution in [0.15, 0.2) is 36.7 Å². The van der Waals surface area contributed by atoms with Crippen LogP contribution in [0, 0.1) is 0 Å². The molecule has 3 rings (SSSR count). The number of nitrogens with two attached hydrogens (primary N) is 1. The fourth-order valence-corrected chi connectivity index (χ4v) is 2.47. The van der Waals surface area contributed by atoms with Crippen LogP contribution in [0.25, 0.3) is 0 Å². The van der Waals surface area contributed by atoms with Crippen LogP contribution in [0.3, 0.4) is 0 Å². The number of aromatic nitrogens is 2. The lowest BCUT2D eigenvalue weighted by atomic mass is 9.88. The molecule has 1 atom stereocenters. The number of fused-ring (bicyclic) bond motifs is 1. The van der Waals surface area contributed by atoms with Gasteiger partial charge in [-0.1, -0.05) is 24.3 Å². The molecule has 1 aromatic heterocycles. The number of anilines is 2. The summed E-state index contributed by atoms with van der Waals surface area (Å²) in [5, 5.41) is 3.39. The van der Waals surface area contributed by atoms with E-state index in [9.17, 15) is 0 Å². The van der Waals surface area contributed by atoms with E-state index in [-0.39, 0.29) is 0 Å². The van der Waals surface area contributed by atoms with Crippen molar-refractivity contribution in [1.29, 1.82) is 0 Å². The third kappa shape index (κ3) is 2.14. The second-order valence-corrected chi connectivity index (χ2v) is 4.63. The molecule has 1 aliphatic carbocycles. The van der Waals surface area contributed by atoms with E-state index in [1.54, 1.807) is 12.4 Å². The Kier molecular flexibility index (Phi) is 2.84. The van der Waals surface area contributed by atoms with Crippen LogP contribution >= 0.6 is 0 Å². The van der Waals surface area contributed by atoms with Gasteiger partial charge < -0.3 is 11.1 Å². The number of benzene rings is 1. The Balaban J connectivity index is 1.84. The SMILES string of the molecule is Nc1cnc(NC2CCCc3ccccc32)nc1. The molecule has 92 valence electrons. The summed E-state index contributed by atoms with van der Waals surface area (Å²) in [5.41, 5.74) is 8.96. The highest BCUT2D eigenvalue weighted by molar-refractivity contribution is 5.40. The molecule has 18 heavy (non-hydrogen) atoms. The quantitative estimate of drug-likeness (QED) is 0.846. The number of nitrogens with zero attached hydrogens (tertiary/aromatic N) is 2. The van der Waals surface area contributed by atoms with Gasteiger partial charge in [-0.05, 0) is 30.4 Å². The highest BCUT2D eigenvalue weighted by atomic mass is 15.1. The van der Waals surface area contributed by atoms with Crippen molar-refractivity contribution >= 4 is 11.6 Å². The summed E-state index contributed by atoms with van der Waals surface area (Å²) in [5.74, 6) is 0.644. The second-order valence-electron chi connectivity index (χ2n) is 4.63. The van der Waals surface area contributed by atoms with Gasteiger partial charge in [0, 0.05) is 0 Å². The Hall–Kier alpha value is -2.10. The fraction of sp³-hybridized carbons (Fsp3) is 0.286. The van der Waals surface area contributed by atoms with Gasteiger partial charge in [0.05, 0.1) is 24.1 Å². The first-order valence-corrected chi connectivity index (χ1v) is 6.25. The van der Waals surface area contributed by atoms with Crippen molar-refractivity contribution < 1.29 is 0 Å². The molecular formula is C14H16N4. The van der Waals surface area contributed by atoms with Gasteiger partial charge in [0.1, 0.15) is 0 Å². The Bertz CT molecular complexity index is 536. The molecular weight excluding hydrogens is 224 g/mol.